The van der Waals surface area contributed by atoms with Gasteiger partial charge in [-0.2, -0.15) is 0 Å². The van der Waals surface area contributed by atoms with Crippen molar-refractivity contribution in [3.63, 3.8) is 0 Å². The van der Waals surface area contributed by atoms with Crippen molar-refractivity contribution in [2.45, 2.75) is 13.1 Å². The van der Waals surface area contributed by atoms with Crippen LogP contribution < -0.4 is 10.9 Å². The summed E-state index contributed by atoms with van der Waals surface area (Å²) in [6, 6.07) is 5.23. The first-order chi connectivity index (χ1) is 9.74. The van der Waals surface area contributed by atoms with E-state index in [-0.39, 0.29) is 18.0 Å². The van der Waals surface area contributed by atoms with Gasteiger partial charge in [-0.25, -0.2) is 4.98 Å². The lowest BCUT2D eigenvalue weighted by Gasteiger charge is -2.05. The largest absolute Gasteiger partial charge is 0.467 e. The molecule has 3 aromatic heterocycles. The minimum Gasteiger partial charge on any atom is -0.467 e. The molecular formula is C13H11N3O3S. The molecule has 0 atom stereocenters. The fourth-order valence-corrected chi connectivity index (χ4v) is 2.54. The molecule has 0 unspecified atom stereocenters. The van der Waals surface area contributed by atoms with E-state index in [2.05, 4.69) is 10.3 Å². The summed E-state index contributed by atoms with van der Waals surface area (Å²) in [7, 11) is 0. The van der Waals surface area contributed by atoms with Crippen LogP contribution in [0.5, 0.6) is 0 Å². The van der Waals surface area contributed by atoms with E-state index >= 15 is 0 Å². The van der Waals surface area contributed by atoms with Crippen LogP contribution in [0.2, 0.25) is 0 Å². The summed E-state index contributed by atoms with van der Waals surface area (Å²) in [5, 5.41) is 5.03. The zero-order chi connectivity index (χ0) is 13.9. The quantitative estimate of drug-likeness (QED) is 0.787. The van der Waals surface area contributed by atoms with Crippen molar-refractivity contribution >= 4 is 27.5 Å². The van der Waals surface area contributed by atoms with Crippen LogP contribution in [0.3, 0.4) is 0 Å². The van der Waals surface area contributed by atoms with Crippen molar-refractivity contribution in [3.8, 4) is 0 Å². The summed E-state index contributed by atoms with van der Waals surface area (Å²) in [5.41, 5.74) is -0.204. The standard InChI is InChI=1S/C13H11N3O3S/c17-11(14-6-9-2-1-4-19-9)7-16-8-15-12-10(13(16)18)3-5-20-12/h1-5,8H,6-7H2,(H,14,17). The van der Waals surface area contributed by atoms with Gasteiger partial charge in [0.05, 0.1) is 24.5 Å². The van der Waals surface area contributed by atoms with E-state index < -0.39 is 0 Å². The Morgan fingerprint density at radius 1 is 1.45 bits per heavy atom. The van der Waals surface area contributed by atoms with Crippen LogP contribution in [0.15, 0.2) is 45.4 Å². The van der Waals surface area contributed by atoms with Gasteiger partial charge in [0.1, 0.15) is 17.1 Å². The number of hydrogen-bond acceptors (Lipinski definition) is 5. The normalized spacial score (nSPS) is 10.8. The van der Waals surface area contributed by atoms with Gasteiger partial charge in [-0.15, -0.1) is 11.3 Å². The minimum atomic E-state index is -0.264. The lowest BCUT2D eigenvalue weighted by atomic mass is 10.4. The zero-order valence-corrected chi connectivity index (χ0v) is 11.2. The fraction of sp³-hybridized carbons (Fsp3) is 0.154. The summed E-state index contributed by atoms with van der Waals surface area (Å²) in [6.07, 6.45) is 2.94. The van der Waals surface area contributed by atoms with Gasteiger partial charge in [0, 0.05) is 0 Å². The second-order valence-corrected chi connectivity index (χ2v) is 5.07. The van der Waals surface area contributed by atoms with Gasteiger partial charge in [0.15, 0.2) is 0 Å². The van der Waals surface area contributed by atoms with Gasteiger partial charge < -0.3 is 9.73 Å². The predicted molar refractivity (Wildman–Crippen MR) is 74.4 cm³/mol. The van der Waals surface area contributed by atoms with E-state index in [0.29, 0.717) is 22.5 Å². The number of hydrogen-bond donors (Lipinski definition) is 1. The Labute approximate surface area is 117 Å². The molecule has 0 aliphatic rings. The van der Waals surface area contributed by atoms with Crippen molar-refractivity contribution in [1.82, 2.24) is 14.9 Å². The molecule has 20 heavy (non-hydrogen) atoms. The third kappa shape index (κ3) is 2.48. The number of fused-ring (bicyclic) bond motifs is 1. The maximum Gasteiger partial charge on any atom is 0.262 e. The lowest BCUT2D eigenvalue weighted by molar-refractivity contribution is -0.121. The maximum absolute atomic E-state index is 12.1. The number of nitrogens with zero attached hydrogens (tertiary/aromatic N) is 2. The Balaban J connectivity index is 1.71. The topological polar surface area (TPSA) is 77.1 Å². The summed E-state index contributed by atoms with van der Waals surface area (Å²) in [5.74, 6) is 0.400. The van der Waals surface area contributed by atoms with Gasteiger partial charge >= 0.3 is 0 Å². The third-order valence-electron chi connectivity index (χ3n) is 2.80. The molecule has 1 N–H and O–H groups in total. The number of nitrogens with one attached hydrogen (secondary N) is 1. The number of carbonyl (C=O) groups excluding carboxylic acids is 1. The number of furan rings is 1. The smallest absolute Gasteiger partial charge is 0.262 e. The van der Waals surface area contributed by atoms with Crippen LogP contribution in [0.25, 0.3) is 10.2 Å². The highest BCUT2D eigenvalue weighted by Crippen LogP contribution is 2.13. The van der Waals surface area contributed by atoms with Gasteiger partial charge in [0.2, 0.25) is 5.91 Å². The van der Waals surface area contributed by atoms with Crippen LogP contribution in [0.1, 0.15) is 5.76 Å². The second kappa shape index (κ2) is 5.30. The van der Waals surface area contributed by atoms with Crippen LogP contribution in [-0.4, -0.2) is 15.5 Å². The Kier molecular flexibility index (Phi) is 3.34. The Bertz CT molecular complexity index is 789. The fourth-order valence-electron chi connectivity index (χ4n) is 1.82. The first-order valence-electron chi connectivity index (χ1n) is 5.96. The van der Waals surface area contributed by atoms with Crippen LogP contribution in [-0.2, 0) is 17.9 Å². The highest BCUT2D eigenvalue weighted by atomic mass is 32.1. The summed E-state index contributed by atoms with van der Waals surface area (Å²) in [6.45, 7) is 0.243. The Morgan fingerprint density at radius 3 is 3.15 bits per heavy atom. The van der Waals surface area contributed by atoms with Crippen molar-refractivity contribution in [2.75, 3.05) is 0 Å². The van der Waals surface area contributed by atoms with Gasteiger partial charge in [-0.1, -0.05) is 0 Å². The number of carbonyl (C=O) groups is 1. The molecule has 0 aliphatic carbocycles. The molecule has 102 valence electrons. The lowest BCUT2D eigenvalue weighted by Crippen LogP contribution is -2.31. The number of amides is 1. The summed E-state index contributed by atoms with van der Waals surface area (Å²) >= 11 is 1.40. The molecule has 7 heteroatoms. The van der Waals surface area contributed by atoms with Crippen LogP contribution in [0.4, 0.5) is 0 Å². The molecule has 0 aliphatic heterocycles. The summed E-state index contributed by atoms with van der Waals surface area (Å²) in [4.78, 5) is 28.7. The molecule has 3 heterocycles. The maximum atomic E-state index is 12.1. The van der Waals surface area contributed by atoms with Crippen molar-refractivity contribution in [2.24, 2.45) is 0 Å². The van der Waals surface area contributed by atoms with Gasteiger partial charge in [-0.3, -0.25) is 14.2 Å². The van der Waals surface area contributed by atoms with E-state index in [1.165, 1.54) is 22.2 Å². The van der Waals surface area contributed by atoms with Crippen molar-refractivity contribution in [1.29, 1.82) is 0 Å². The van der Waals surface area contributed by atoms with Crippen molar-refractivity contribution < 1.29 is 9.21 Å². The molecule has 0 saturated carbocycles. The van der Waals surface area contributed by atoms with Crippen molar-refractivity contribution in [3.05, 3.63) is 52.3 Å². The first-order valence-corrected chi connectivity index (χ1v) is 6.84. The molecule has 0 bridgehead atoms. The molecule has 0 spiro atoms. The molecule has 1 amide bonds. The minimum absolute atomic E-state index is 0.0572. The van der Waals surface area contributed by atoms with E-state index in [9.17, 15) is 9.59 Å². The first kappa shape index (κ1) is 12.6. The average molecular weight is 289 g/mol. The van der Waals surface area contributed by atoms with Gasteiger partial charge in [-0.05, 0) is 23.6 Å². The van der Waals surface area contributed by atoms with E-state index in [4.69, 9.17) is 4.42 Å². The number of aromatic nitrogens is 2. The summed E-state index contributed by atoms with van der Waals surface area (Å²) < 4.78 is 6.41. The highest BCUT2D eigenvalue weighted by Gasteiger charge is 2.09. The number of thiophene rings is 1. The monoisotopic (exact) mass is 289 g/mol. The molecule has 0 saturated heterocycles. The Hall–Kier alpha value is -2.41. The van der Waals surface area contributed by atoms with E-state index in [0.717, 1.165) is 0 Å². The zero-order valence-electron chi connectivity index (χ0n) is 10.4. The van der Waals surface area contributed by atoms with E-state index in [1.807, 2.05) is 0 Å². The average Bonchev–Trinajstić information content (AvgIpc) is 3.10. The second-order valence-electron chi connectivity index (χ2n) is 4.17. The Morgan fingerprint density at radius 2 is 2.35 bits per heavy atom. The molecule has 0 radical (unpaired) electrons. The predicted octanol–water partition coefficient (Wildman–Crippen LogP) is 1.37. The van der Waals surface area contributed by atoms with E-state index in [1.54, 1.807) is 29.8 Å². The van der Waals surface area contributed by atoms with Gasteiger partial charge in [0.25, 0.3) is 5.56 Å². The SMILES string of the molecule is O=C(Cn1cnc2sccc2c1=O)NCc1ccco1. The molecule has 3 aromatic rings. The highest BCUT2D eigenvalue weighted by molar-refractivity contribution is 7.16. The number of rotatable bonds is 4. The molecule has 0 fully saturated rings. The van der Waals surface area contributed by atoms with Crippen LogP contribution >= 0.6 is 11.3 Å². The van der Waals surface area contributed by atoms with Crippen LogP contribution in [0, 0.1) is 0 Å². The molecule has 0 aromatic carbocycles. The molecule has 3 rings (SSSR count). The molecule has 6 nitrogen and oxygen atoms in total. The third-order valence-corrected chi connectivity index (χ3v) is 3.63. The molecular weight excluding hydrogens is 278 g/mol.